The fraction of sp³-hybridized carbons (Fsp3) is 0.438. The molecule has 1 aromatic heterocycles. The average molecular weight is 289 g/mol. The Bertz CT molecular complexity index is 672. The van der Waals surface area contributed by atoms with E-state index in [1.165, 1.54) is 12.5 Å². The van der Waals surface area contributed by atoms with Gasteiger partial charge in [0.2, 0.25) is 0 Å². The molecule has 4 nitrogen and oxygen atoms in total. The Kier molecular flexibility index (Phi) is 3.92. The average Bonchev–Trinajstić information content (AvgIpc) is 2.71. The molecule has 3 rings (SSSR count). The molecule has 0 fully saturated rings. The lowest BCUT2D eigenvalue weighted by molar-refractivity contribution is 0.322. The van der Waals surface area contributed by atoms with Crippen molar-refractivity contribution >= 4 is 16.6 Å². The molecule has 1 aromatic carbocycles. The van der Waals surface area contributed by atoms with Gasteiger partial charge in [0.15, 0.2) is 11.6 Å². The molecule has 0 saturated carbocycles. The zero-order valence-electron chi connectivity index (χ0n) is 12.2. The molecule has 1 aliphatic carbocycles. The number of pyridine rings is 1. The minimum absolute atomic E-state index is 0.247. The molecule has 0 aliphatic heterocycles. The van der Waals surface area contributed by atoms with E-state index in [0.717, 1.165) is 48.0 Å². The van der Waals surface area contributed by atoms with Crippen LogP contribution in [-0.4, -0.2) is 11.6 Å². The number of nitrogen functional groups attached to an aromatic ring is 1. The van der Waals surface area contributed by atoms with Gasteiger partial charge < -0.3 is 10.2 Å². The van der Waals surface area contributed by atoms with E-state index in [4.69, 9.17) is 10.6 Å². The lowest BCUT2D eigenvalue weighted by Gasteiger charge is -2.16. The number of benzene rings is 1. The summed E-state index contributed by atoms with van der Waals surface area (Å²) in [5, 5.41) is 0.822. The molecule has 112 valence electrons. The second kappa shape index (κ2) is 5.85. The van der Waals surface area contributed by atoms with Gasteiger partial charge >= 0.3 is 0 Å². The molecule has 0 atom stereocenters. The number of hydrazine groups is 1. The van der Waals surface area contributed by atoms with E-state index >= 15 is 0 Å². The van der Waals surface area contributed by atoms with Crippen LogP contribution < -0.4 is 16.0 Å². The molecule has 1 aliphatic rings. The van der Waals surface area contributed by atoms with Crippen molar-refractivity contribution in [2.75, 3.05) is 12.0 Å². The molecule has 0 spiro atoms. The number of aryl methyl sites for hydroxylation is 1. The topological polar surface area (TPSA) is 60.2 Å². The Hall–Kier alpha value is -1.88. The lowest BCUT2D eigenvalue weighted by Crippen LogP contribution is -2.12. The summed E-state index contributed by atoms with van der Waals surface area (Å²) in [6.07, 6.45) is 5.33. The van der Waals surface area contributed by atoms with Crippen molar-refractivity contribution in [2.24, 2.45) is 5.84 Å². The highest BCUT2D eigenvalue weighted by Crippen LogP contribution is 2.35. The van der Waals surface area contributed by atoms with Gasteiger partial charge in [-0.2, -0.15) is 0 Å². The van der Waals surface area contributed by atoms with Crippen LogP contribution in [0.2, 0.25) is 0 Å². The molecule has 0 radical (unpaired) electrons. The van der Waals surface area contributed by atoms with Crippen LogP contribution in [0.15, 0.2) is 12.1 Å². The van der Waals surface area contributed by atoms with Gasteiger partial charge in [-0.25, -0.2) is 4.39 Å². The predicted molar refractivity (Wildman–Crippen MR) is 81.9 cm³/mol. The maximum Gasteiger partial charge on any atom is 0.167 e. The quantitative estimate of drug-likeness (QED) is 0.517. The maximum absolute atomic E-state index is 14.0. The largest absolute Gasteiger partial charge is 0.491 e. The predicted octanol–water partition coefficient (Wildman–Crippen LogP) is 3.33. The highest BCUT2D eigenvalue weighted by atomic mass is 19.1. The summed E-state index contributed by atoms with van der Waals surface area (Å²) in [5.74, 6) is 5.61. The van der Waals surface area contributed by atoms with Crippen LogP contribution in [0.5, 0.6) is 5.75 Å². The first-order valence-corrected chi connectivity index (χ1v) is 7.49. The van der Waals surface area contributed by atoms with Crippen LogP contribution in [0.3, 0.4) is 0 Å². The number of nitrogens with one attached hydrogen (secondary N) is 1. The number of hydrogen-bond acceptors (Lipinski definition) is 4. The van der Waals surface area contributed by atoms with Crippen LogP contribution in [0, 0.1) is 5.82 Å². The van der Waals surface area contributed by atoms with Gasteiger partial charge in [0.05, 0.1) is 17.8 Å². The van der Waals surface area contributed by atoms with Crippen molar-refractivity contribution in [3.63, 3.8) is 0 Å². The molecule has 5 heteroatoms. The Morgan fingerprint density at radius 3 is 2.86 bits per heavy atom. The molecule has 0 saturated heterocycles. The molecular formula is C16H20FN3O. The van der Waals surface area contributed by atoms with Crippen molar-refractivity contribution in [3.8, 4) is 5.75 Å². The van der Waals surface area contributed by atoms with Crippen LogP contribution in [0.4, 0.5) is 10.1 Å². The normalized spacial score (nSPS) is 14.6. The first-order chi connectivity index (χ1) is 10.2. The monoisotopic (exact) mass is 289 g/mol. The van der Waals surface area contributed by atoms with Gasteiger partial charge in [-0.05, 0) is 44.2 Å². The van der Waals surface area contributed by atoms with Crippen molar-refractivity contribution in [2.45, 2.75) is 39.0 Å². The van der Waals surface area contributed by atoms with E-state index in [9.17, 15) is 4.39 Å². The molecule has 0 unspecified atom stereocenters. The number of rotatable bonds is 3. The van der Waals surface area contributed by atoms with Crippen molar-refractivity contribution in [3.05, 3.63) is 29.2 Å². The lowest BCUT2D eigenvalue weighted by atomic mass is 10.0. The zero-order valence-corrected chi connectivity index (χ0v) is 12.2. The standard InChI is InChI=1S/C16H20FN3O/c1-2-21-15-8-11-14(9-12(15)17)19-13-7-5-3-4-6-10(13)16(11)20-18/h8-9H,2-7,18H2,1H3,(H,19,20). The third-order valence-electron chi connectivity index (χ3n) is 4.01. The summed E-state index contributed by atoms with van der Waals surface area (Å²) in [7, 11) is 0. The number of hydrogen-bond donors (Lipinski definition) is 2. The third kappa shape index (κ3) is 2.53. The fourth-order valence-corrected chi connectivity index (χ4v) is 3.03. The van der Waals surface area contributed by atoms with E-state index in [-0.39, 0.29) is 11.6 Å². The minimum Gasteiger partial charge on any atom is -0.491 e. The number of nitrogens with two attached hydrogens (primary N) is 1. The summed E-state index contributed by atoms with van der Waals surface area (Å²) in [4.78, 5) is 4.66. The van der Waals surface area contributed by atoms with E-state index in [0.29, 0.717) is 12.1 Å². The Balaban J connectivity index is 2.25. The molecule has 21 heavy (non-hydrogen) atoms. The first kappa shape index (κ1) is 14.1. The highest BCUT2D eigenvalue weighted by molar-refractivity contribution is 5.94. The Morgan fingerprint density at radius 1 is 1.29 bits per heavy atom. The first-order valence-electron chi connectivity index (χ1n) is 7.49. The summed E-state index contributed by atoms with van der Waals surface area (Å²) < 4.78 is 19.4. The van der Waals surface area contributed by atoms with Crippen LogP contribution >= 0.6 is 0 Å². The van der Waals surface area contributed by atoms with Crippen molar-refractivity contribution in [1.82, 2.24) is 4.98 Å². The Morgan fingerprint density at radius 2 is 2.10 bits per heavy atom. The molecule has 3 N–H and O–H groups in total. The molecular weight excluding hydrogens is 269 g/mol. The van der Waals surface area contributed by atoms with Gasteiger partial charge in [-0.3, -0.25) is 10.8 Å². The summed E-state index contributed by atoms with van der Waals surface area (Å²) >= 11 is 0. The van der Waals surface area contributed by atoms with Crippen molar-refractivity contribution < 1.29 is 9.13 Å². The van der Waals surface area contributed by atoms with Crippen LogP contribution in [0.1, 0.15) is 37.4 Å². The molecule has 0 bridgehead atoms. The Labute approximate surface area is 123 Å². The van der Waals surface area contributed by atoms with Gasteiger partial charge in [0.25, 0.3) is 0 Å². The molecule has 1 heterocycles. The van der Waals surface area contributed by atoms with E-state index in [2.05, 4.69) is 10.4 Å². The molecule has 0 amide bonds. The van der Waals surface area contributed by atoms with Gasteiger partial charge in [0.1, 0.15) is 0 Å². The van der Waals surface area contributed by atoms with E-state index < -0.39 is 0 Å². The number of nitrogens with zero attached hydrogens (tertiary/aromatic N) is 1. The van der Waals surface area contributed by atoms with E-state index in [1.54, 1.807) is 6.07 Å². The zero-order chi connectivity index (χ0) is 14.8. The van der Waals surface area contributed by atoms with Crippen molar-refractivity contribution in [1.29, 1.82) is 0 Å². The third-order valence-corrected chi connectivity index (χ3v) is 4.01. The number of ether oxygens (including phenoxy) is 1. The van der Waals surface area contributed by atoms with E-state index in [1.807, 2.05) is 6.92 Å². The fourth-order valence-electron chi connectivity index (χ4n) is 3.03. The number of aromatic nitrogens is 1. The summed E-state index contributed by atoms with van der Waals surface area (Å²) in [6, 6.07) is 3.13. The van der Waals surface area contributed by atoms with Crippen LogP contribution in [0.25, 0.3) is 10.9 Å². The summed E-state index contributed by atoms with van der Waals surface area (Å²) in [6.45, 7) is 2.26. The van der Waals surface area contributed by atoms with Gasteiger partial charge in [0, 0.05) is 17.1 Å². The van der Waals surface area contributed by atoms with Gasteiger partial charge in [-0.1, -0.05) is 6.42 Å². The molecule has 2 aromatic rings. The highest BCUT2D eigenvalue weighted by Gasteiger charge is 2.18. The SMILES string of the molecule is CCOc1cc2c(NN)c3c(nc2cc1F)CCCCC3. The number of anilines is 1. The second-order valence-electron chi connectivity index (χ2n) is 5.35. The maximum atomic E-state index is 14.0. The second-order valence-corrected chi connectivity index (χ2v) is 5.35. The number of halogens is 1. The van der Waals surface area contributed by atoms with Gasteiger partial charge in [-0.15, -0.1) is 0 Å². The minimum atomic E-state index is -0.381. The van der Waals surface area contributed by atoms with Crippen LogP contribution in [-0.2, 0) is 12.8 Å². The smallest absolute Gasteiger partial charge is 0.167 e. The number of fused-ring (bicyclic) bond motifs is 2. The summed E-state index contributed by atoms with van der Waals surface area (Å²) in [5.41, 5.74) is 6.49.